The third-order valence-electron chi connectivity index (χ3n) is 5.37. The number of hydrogen-bond acceptors (Lipinski definition) is 3. The van der Waals surface area contributed by atoms with Crippen LogP contribution in [0.4, 0.5) is 0 Å². The second-order valence-electron chi connectivity index (χ2n) is 6.74. The highest BCUT2D eigenvalue weighted by molar-refractivity contribution is 4.91. The van der Waals surface area contributed by atoms with Gasteiger partial charge >= 0.3 is 0 Å². The molecule has 3 rings (SSSR count). The van der Waals surface area contributed by atoms with E-state index in [1.807, 2.05) is 0 Å². The molecule has 0 spiro atoms. The lowest BCUT2D eigenvalue weighted by Crippen LogP contribution is -2.60. The van der Waals surface area contributed by atoms with Gasteiger partial charge in [-0.1, -0.05) is 13.3 Å². The van der Waals surface area contributed by atoms with E-state index < -0.39 is 0 Å². The number of nitrogens with zero attached hydrogens (tertiary/aromatic N) is 2. The molecule has 0 radical (unpaired) electrons. The molecular weight excluding hydrogens is 236 g/mol. The molecule has 3 saturated heterocycles. The lowest BCUT2D eigenvalue weighted by Gasteiger charge is -2.49. The molecule has 3 heteroatoms. The molecule has 110 valence electrons. The standard InChI is InChI=1S/C16H30N2O/c1-2-15-11-17-8-4-3-7-16(17)12-18(15)10-14-6-5-9-19-13-14/h14-16H,2-13H2,1H3. The average molecular weight is 266 g/mol. The minimum atomic E-state index is 0.788. The van der Waals surface area contributed by atoms with Crippen molar-refractivity contribution in [1.82, 2.24) is 9.80 Å². The molecule has 3 unspecified atom stereocenters. The van der Waals surface area contributed by atoms with Gasteiger partial charge in [0, 0.05) is 38.3 Å². The summed E-state index contributed by atoms with van der Waals surface area (Å²) in [5, 5.41) is 0. The lowest BCUT2D eigenvalue weighted by atomic mass is 9.93. The maximum Gasteiger partial charge on any atom is 0.0506 e. The first-order chi connectivity index (χ1) is 9.36. The summed E-state index contributed by atoms with van der Waals surface area (Å²) in [6, 6.07) is 1.64. The number of piperazine rings is 1. The van der Waals surface area contributed by atoms with E-state index in [1.54, 1.807) is 0 Å². The first-order valence-electron chi connectivity index (χ1n) is 8.42. The quantitative estimate of drug-likeness (QED) is 0.780. The van der Waals surface area contributed by atoms with E-state index in [2.05, 4.69) is 16.7 Å². The lowest BCUT2D eigenvalue weighted by molar-refractivity contribution is -0.0207. The highest BCUT2D eigenvalue weighted by Crippen LogP contribution is 2.27. The molecule has 0 amide bonds. The van der Waals surface area contributed by atoms with Crippen molar-refractivity contribution in [2.45, 2.75) is 57.5 Å². The molecule has 3 aliphatic heterocycles. The van der Waals surface area contributed by atoms with Gasteiger partial charge in [0.2, 0.25) is 0 Å². The molecule has 0 aromatic carbocycles. The molecule has 0 aliphatic carbocycles. The van der Waals surface area contributed by atoms with Gasteiger partial charge in [-0.05, 0) is 44.6 Å². The molecule has 19 heavy (non-hydrogen) atoms. The second kappa shape index (κ2) is 6.55. The van der Waals surface area contributed by atoms with Crippen molar-refractivity contribution < 1.29 is 4.74 Å². The van der Waals surface area contributed by atoms with Crippen LogP contribution in [0.5, 0.6) is 0 Å². The van der Waals surface area contributed by atoms with Gasteiger partial charge in [-0.3, -0.25) is 9.80 Å². The van der Waals surface area contributed by atoms with E-state index in [1.165, 1.54) is 64.7 Å². The molecule has 3 heterocycles. The van der Waals surface area contributed by atoms with Crippen molar-refractivity contribution >= 4 is 0 Å². The highest BCUT2D eigenvalue weighted by atomic mass is 16.5. The maximum absolute atomic E-state index is 5.66. The van der Waals surface area contributed by atoms with Gasteiger partial charge in [-0.15, -0.1) is 0 Å². The molecule has 0 N–H and O–H groups in total. The Hall–Kier alpha value is -0.120. The van der Waals surface area contributed by atoms with Crippen LogP contribution in [0.3, 0.4) is 0 Å². The molecule has 3 fully saturated rings. The van der Waals surface area contributed by atoms with Gasteiger partial charge in [0.25, 0.3) is 0 Å². The zero-order valence-corrected chi connectivity index (χ0v) is 12.5. The van der Waals surface area contributed by atoms with Crippen LogP contribution in [0.15, 0.2) is 0 Å². The monoisotopic (exact) mass is 266 g/mol. The summed E-state index contributed by atoms with van der Waals surface area (Å²) < 4.78 is 5.66. The van der Waals surface area contributed by atoms with Crippen LogP contribution in [0.2, 0.25) is 0 Å². The first kappa shape index (κ1) is 13.8. The second-order valence-corrected chi connectivity index (χ2v) is 6.74. The van der Waals surface area contributed by atoms with Gasteiger partial charge in [0.1, 0.15) is 0 Å². The van der Waals surface area contributed by atoms with Gasteiger partial charge < -0.3 is 4.74 Å². The Labute approximate surface area is 118 Å². The Kier molecular flexibility index (Phi) is 4.78. The van der Waals surface area contributed by atoms with Crippen molar-refractivity contribution in [3.8, 4) is 0 Å². The topological polar surface area (TPSA) is 15.7 Å². The van der Waals surface area contributed by atoms with E-state index in [9.17, 15) is 0 Å². The highest BCUT2D eigenvalue weighted by Gasteiger charge is 2.35. The molecule has 0 bridgehead atoms. The number of fused-ring (bicyclic) bond motifs is 1. The van der Waals surface area contributed by atoms with Crippen LogP contribution in [0.1, 0.15) is 45.4 Å². The number of hydrogen-bond donors (Lipinski definition) is 0. The Balaban J connectivity index is 1.58. The fourth-order valence-electron chi connectivity index (χ4n) is 4.21. The molecule has 0 aromatic heterocycles. The Bertz CT molecular complexity index is 276. The normalized spacial score (nSPS) is 38.1. The summed E-state index contributed by atoms with van der Waals surface area (Å²) in [5.41, 5.74) is 0. The fraction of sp³-hybridized carbons (Fsp3) is 1.00. The minimum absolute atomic E-state index is 0.788. The molecule has 0 aromatic rings. The largest absolute Gasteiger partial charge is 0.381 e. The van der Waals surface area contributed by atoms with E-state index >= 15 is 0 Å². The summed E-state index contributed by atoms with van der Waals surface area (Å²) in [4.78, 5) is 5.57. The summed E-state index contributed by atoms with van der Waals surface area (Å²) in [5.74, 6) is 0.790. The van der Waals surface area contributed by atoms with E-state index in [0.29, 0.717) is 0 Å². The van der Waals surface area contributed by atoms with Gasteiger partial charge in [0.05, 0.1) is 6.61 Å². The SMILES string of the molecule is CCC1CN2CCCCC2CN1CC1CCCOC1. The number of piperidine rings is 1. The molecule has 3 atom stereocenters. The number of ether oxygens (including phenoxy) is 1. The van der Waals surface area contributed by atoms with Crippen LogP contribution in [-0.4, -0.2) is 61.3 Å². The first-order valence-corrected chi connectivity index (χ1v) is 8.42. The Morgan fingerprint density at radius 2 is 2.05 bits per heavy atom. The predicted octanol–water partition coefficient (Wildman–Crippen LogP) is 2.36. The van der Waals surface area contributed by atoms with Gasteiger partial charge in [0.15, 0.2) is 0 Å². The molecular formula is C16H30N2O. The minimum Gasteiger partial charge on any atom is -0.381 e. The zero-order valence-electron chi connectivity index (χ0n) is 12.5. The number of rotatable bonds is 3. The third kappa shape index (κ3) is 3.32. The van der Waals surface area contributed by atoms with Crippen molar-refractivity contribution in [2.24, 2.45) is 5.92 Å². The summed E-state index contributed by atoms with van der Waals surface area (Å²) in [7, 11) is 0. The predicted molar refractivity (Wildman–Crippen MR) is 78.4 cm³/mol. The summed E-state index contributed by atoms with van der Waals surface area (Å²) >= 11 is 0. The average Bonchev–Trinajstić information content (AvgIpc) is 2.47. The van der Waals surface area contributed by atoms with Crippen LogP contribution < -0.4 is 0 Å². The van der Waals surface area contributed by atoms with Gasteiger partial charge in [-0.2, -0.15) is 0 Å². The van der Waals surface area contributed by atoms with Crippen LogP contribution in [0, 0.1) is 5.92 Å². The van der Waals surface area contributed by atoms with Crippen LogP contribution in [-0.2, 0) is 4.74 Å². The van der Waals surface area contributed by atoms with E-state index in [4.69, 9.17) is 4.74 Å². The molecule has 3 aliphatic rings. The Morgan fingerprint density at radius 1 is 1.11 bits per heavy atom. The maximum atomic E-state index is 5.66. The van der Waals surface area contributed by atoms with Crippen molar-refractivity contribution in [1.29, 1.82) is 0 Å². The van der Waals surface area contributed by atoms with Crippen molar-refractivity contribution in [2.75, 3.05) is 39.4 Å². The zero-order chi connectivity index (χ0) is 13.1. The van der Waals surface area contributed by atoms with E-state index in [0.717, 1.165) is 31.2 Å². The molecule has 3 nitrogen and oxygen atoms in total. The summed E-state index contributed by atoms with van der Waals surface area (Å²) in [6.45, 7) is 9.61. The Morgan fingerprint density at radius 3 is 2.84 bits per heavy atom. The van der Waals surface area contributed by atoms with Crippen LogP contribution in [0.25, 0.3) is 0 Å². The smallest absolute Gasteiger partial charge is 0.0506 e. The van der Waals surface area contributed by atoms with Crippen molar-refractivity contribution in [3.05, 3.63) is 0 Å². The fourth-order valence-corrected chi connectivity index (χ4v) is 4.21. The third-order valence-corrected chi connectivity index (χ3v) is 5.37. The van der Waals surface area contributed by atoms with Crippen LogP contribution >= 0.6 is 0 Å². The molecule has 0 saturated carbocycles. The van der Waals surface area contributed by atoms with E-state index in [-0.39, 0.29) is 0 Å². The van der Waals surface area contributed by atoms with Gasteiger partial charge in [-0.25, -0.2) is 0 Å². The summed E-state index contributed by atoms with van der Waals surface area (Å²) in [6.07, 6.45) is 8.23. The van der Waals surface area contributed by atoms with Crippen molar-refractivity contribution in [3.63, 3.8) is 0 Å².